The molecule has 0 aromatic heterocycles. The van der Waals surface area contributed by atoms with Crippen LogP contribution in [-0.2, 0) is 4.57 Å². The maximum absolute atomic E-state index is 9.94. The van der Waals surface area contributed by atoms with E-state index in [1.54, 1.807) is 6.07 Å². The third-order valence-electron chi connectivity index (χ3n) is 0.930. The van der Waals surface area contributed by atoms with E-state index in [4.69, 9.17) is 16.2 Å². The molecule has 0 spiro atoms. The van der Waals surface area contributed by atoms with Crippen LogP contribution < -0.4 is 10.8 Å². The highest BCUT2D eigenvalue weighted by molar-refractivity contribution is 7.22. The third kappa shape index (κ3) is 3.50. The number of nitriles is 1. The molecule has 0 aliphatic heterocycles. The van der Waals surface area contributed by atoms with E-state index in [0.717, 1.165) is 0 Å². The number of nitrogens with two attached hydrogens (primary N) is 1. The molecule has 11 heavy (non-hydrogen) atoms. The summed E-state index contributed by atoms with van der Waals surface area (Å²) in [6.07, 6.45) is 0.00190. The summed E-state index contributed by atoms with van der Waals surface area (Å²) >= 11 is 0. The normalized spacial score (nSPS) is 14.0. The van der Waals surface area contributed by atoms with Crippen molar-refractivity contribution in [1.29, 1.82) is 5.26 Å². The number of oxime groups is 1. The van der Waals surface area contributed by atoms with Crippen LogP contribution in [0.5, 0.6) is 0 Å². The van der Waals surface area contributed by atoms with E-state index in [0.29, 0.717) is 0 Å². The lowest BCUT2D eigenvalue weighted by atomic mass is 10.2. The number of amidine groups is 1. The Morgan fingerprint density at radius 1 is 2.00 bits per heavy atom. The Morgan fingerprint density at radius 3 is 3.00 bits per heavy atom. The first-order valence-electron chi connectivity index (χ1n) is 2.69. The Labute approximate surface area is 64.9 Å². The fourth-order valence-electron chi connectivity index (χ4n) is 0.421. The van der Waals surface area contributed by atoms with Gasteiger partial charge in [-0.2, -0.15) is 5.26 Å². The molecule has 7 heteroatoms. The van der Waals surface area contributed by atoms with Crippen molar-refractivity contribution in [3.05, 3.63) is 0 Å². The van der Waals surface area contributed by atoms with Crippen LogP contribution in [0.15, 0.2) is 5.16 Å². The van der Waals surface area contributed by atoms with Crippen molar-refractivity contribution in [3.8, 4) is 6.07 Å². The summed E-state index contributed by atoms with van der Waals surface area (Å²) < 4.78 is 9.94. The van der Waals surface area contributed by atoms with Gasteiger partial charge >= 0.3 is 0 Å². The largest absolute Gasteiger partial charge is 0.409 e. The molecular weight excluding hydrogens is 167 g/mol. The van der Waals surface area contributed by atoms with Gasteiger partial charge in [-0.15, -0.1) is 0 Å². The highest BCUT2D eigenvalue weighted by atomic mass is 31.1. The summed E-state index contributed by atoms with van der Waals surface area (Å²) in [4.78, 5) is 0. The van der Waals surface area contributed by atoms with Crippen LogP contribution in [0.3, 0.4) is 0 Å². The molecule has 0 aliphatic carbocycles. The first-order valence-corrected chi connectivity index (χ1v) is 3.50. The molecule has 0 radical (unpaired) electrons. The fourth-order valence-corrected chi connectivity index (χ4v) is 0.725. The van der Waals surface area contributed by atoms with Crippen molar-refractivity contribution in [1.82, 2.24) is 5.09 Å². The average molecular weight is 174 g/mol. The second-order valence-electron chi connectivity index (χ2n) is 1.66. The SMILES string of the molecule is N#CCC(N)/C(=N/O)NP=O. The van der Waals surface area contributed by atoms with Gasteiger partial charge in [0, 0.05) is 0 Å². The minimum Gasteiger partial charge on any atom is -0.409 e. The lowest BCUT2D eigenvalue weighted by Gasteiger charge is -2.05. The first kappa shape index (κ1) is 9.82. The quantitative estimate of drug-likeness (QED) is 0.180. The molecule has 60 valence electrons. The molecule has 0 rings (SSSR count). The number of rotatable bonds is 3. The monoisotopic (exact) mass is 174 g/mol. The van der Waals surface area contributed by atoms with Gasteiger partial charge in [0.25, 0.3) is 8.61 Å². The van der Waals surface area contributed by atoms with Crippen LogP contribution in [-0.4, -0.2) is 17.1 Å². The summed E-state index contributed by atoms with van der Waals surface area (Å²) in [6.45, 7) is 0. The van der Waals surface area contributed by atoms with Gasteiger partial charge in [0.15, 0.2) is 5.84 Å². The number of nitrogens with one attached hydrogen (secondary N) is 1. The van der Waals surface area contributed by atoms with Crippen molar-refractivity contribution in [2.24, 2.45) is 10.9 Å². The minimum atomic E-state index is -0.730. The molecule has 0 saturated heterocycles. The standard InChI is InChI=1S/C4H7N4O2P/c5-2-1-3(6)4(7-9)8-11-10/h3,9H,1,6H2,(H,7,8,10). The van der Waals surface area contributed by atoms with Crippen LogP contribution in [0.25, 0.3) is 0 Å². The Balaban J connectivity index is 4.05. The van der Waals surface area contributed by atoms with Crippen LogP contribution >= 0.6 is 8.61 Å². The number of hydrogen-bond donors (Lipinski definition) is 3. The number of hydrogen-bond acceptors (Lipinski definition) is 5. The van der Waals surface area contributed by atoms with Gasteiger partial charge in [0.05, 0.1) is 18.5 Å². The highest BCUT2D eigenvalue weighted by Gasteiger charge is 2.10. The molecule has 0 fully saturated rings. The molecule has 1 unspecified atom stereocenters. The Bertz CT molecular complexity index is 199. The maximum atomic E-state index is 9.94. The summed E-state index contributed by atoms with van der Waals surface area (Å²) in [6, 6.07) is 1.05. The molecule has 0 saturated carbocycles. The van der Waals surface area contributed by atoms with E-state index in [9.17, 15) is 4.57 Å². The van der Waals surface area contributed by atoms with Crippen molar-refractivity contribution in [2.45, 2.75) is 12.5 Å². The van der Waals surface area contributed by atoms with E-state index in [-0.39, 0.29) is 12.3 Å². The van der Waals surface area contributed by atoms with Crippen molar-refractivity contribution in [3.63, 3.8) is 0 Å². The smallest absolute Gasteiger partial charge is 0.280 e. The zero-order chi connectivity index (χ0) is 8.69. The van der Waals surface area contributed by atoms with Crippen molar-refractivity contribution in [2.75, 3.05) is 0 Å². The van der Waals surface area contributed by atoms with Crippen molar-refractivity contribution < 1.29 is 9.77 Å². The molecule has 0 amide bonds. The third-order valence-corrected chi connectivity index (χ3v) is 1.25. The molecule has 0 aromatic rings. The molecule has 0 heterocycles. The van der Waals surface area contributed by atoms with Gasteiger partial charge in [-0.05, 0) is 0 Å². The fraction of sp³-hybridized carbons (Fsp3) is 0.500. The van der Waals surface area contributed by atoms with Gasteiger partial charge < -0.3 is 10.9 Å². The maximum Gasteiger partial charge on any atom is 0.280 e. The van der Waals surface area contributed by atoms with Crippen LogP contribution in [0.4, 0.5) is 0 Å². The molecular formula is C4H7N4O2P. The summed E-state index contributed by atoms with van der Waals surface area (Å²) in [5.41, 5.74) is 5.31. The second-order valence-corrected chi connectivity index (χ2v) is 2.06. The van der Waals surface area contributed by atoms with Crippen LogP contribution in [0.2, 0.25) is 0 Å². The summed E-state index contributed by atoms with van der Waals surface area (Å²) in [5.74, 6) is -0.0665. The Hall–Kier alpha value is -1.18. The summed E-state index contributed by atoms with van der Waals surface area (Å²) in [5, 5.41) is 21.3. The predicted molar refractivity (Wildman–Crippen MR) is 38.2 cm³/mol. The van der Waals surface area contributed by atoms with Gasteiger partial charge in [0.1, 0.15) is 0 Å². The Kier molecular flexibility index (Phi) is 4.99. The molecule has 1 atom stereocenters. The lowest BCUT2D eigenvalue weighted by molar-refractivity contribution is 0.315. The average Bonchev–Trinajstić information content (AvgIpc) is 2.00. The minimum absolute atomic E-state index is 0.00190. The lowest BCUT2D eigenvalue weighted by Crippen LogP contribution is -2.36. The molecule has 0 bridgehead atoms. The topological polar surface area (TPSA) is 112 Å². The zero-order valence-electron chi connectivity index (χ0n) is 5.56. The van der Waals surface area contributed by atoms with E-state index in [2.05, 4.69) is 10.2 Å². The van der Waals surface area contributed by atoms with Crippen molar-refractivity contribution >= 4 is 14.4 Å². The molecule has 0 aliphatic rings. The zero-order valence-corrected chi connectivity index (χ0v) is 6.45. The van der Waals surface area contributed by atoms with Gasteiger partial charge in [0.2, 0.25) is 0 Å². The van der Waals surface area contributed by atoms with Gasteiger partial charge in [-0.1, -0.05) is 5.16 Å². The molecule has 6 nitrogen and oxygen atoms in total. The second kappa shape index (κ2) is 5.59. The van der Waals surface area contributed by atoms with Crippen LogP contribution in [0, 0.1) is 11.3 Å². The van der Waals surface area contributed by atoms with Gasteiger partial charge in [-0.25, -0.2) is 4.57 Å². The molecule has 0 aromatic carbocycles. The Morgan fingerprint density at radius 2 is 2.64 bits per heavy atom. The van der Waals surface area contributed by atoms with E-state index >= 15 is 0 Å². The van der Waals surface area contributed by atoms with E-state index in [1.807, 2.05) is 0 Å². The van der Waals surface area contributed by atoms with E-state index < -0.39 is 14.7 Å². The van der Waals surface area contributed by atoms with Gasteiger partial charge in [-0.3, -0.25) is 5.09 Å². The van der Waals surface area contributed by atoms with Crippen LogP contribution in [0.1, 0.15) is 6.42 Å². The highest BCUT2D eigenvalue weighted by Crippen LogP contribution is 1.92. The molecule has 4 N–H and O–H groups in total. The summed E-state index contributed by atoms with van der Waals surface area (Å²) in [7, 11) is -0.415. The van der Waals surface area contributed by atoms with E-state index in [1.165, 1.54) is 0 Å². The number of nitrogens with zero attached hydrogens (tertiary/aromatic N) is 2. The first-order chi connectivity index (χ1) is 5.26. The predicted octanol–water partition coefficient (Wildman–Crippen LogP) is -0.189.